The number of hydrogen-bond donors (Lipinski definition) is 2. The Balaban J connectivity index is 3.29. The van der Waals surface area contributed by atoms with Crippen molar-refractivity contribution in [1.82, 2.24) is 10.6 Å². The van der Waals surface area contributed by atoms with Crippen molar-refractivity contribution < 1.29 is 38.0 Å². The van der Waals surface area contributed by atoms with Crippen molar-refractivity contribution in [2.75, 3.05) is 87.0 Å². The van der Waals surface area contributed by atoms with E-state index in [1.54, 1.807) is 14.2 Å². The van der Waals surface area contributed by atoms with E-state index in [1.165, 1.54) is 0 Å². The zero-order valence-electron chi connectivity index (χ0n) is 20.7. The maximum absolute atomic E-state index is 11.8. The van der Waals surface area contributed by atoms with E-state index in [9.17, 15) is 9.59 Å². The minimum absolute atomic E-state index is 0.0499. The summed E-state index contributed by atoms with van der Waals surface area (Å²) in [5.74, 6) is -0.0998. The van der Waals surface area contributed by atoms with Crippen LogP contribution >= 0.6 is 0 Å². The lowest BCUT2D eigenvalue weighted by Crippen LogP contribution is -2.37. The predicted molar refractivity (Wildman–Crippen MR) is 125 cm³/mol. The molecule has 0 rings (SSSR count). The molecule has 2 N–H and O–H groups in total. The summed E-state index contributed by atoms with van der Waals surface area (Å²) in [6.07, 6.45) is 6.18. The summed E-state index contributed by atoms with van der Waals surface area (Å²) in [7, 11) is 3.28. The van der Waals surface area contributed by atoms with Crippen LogP contribution in [-0.2, 0) is 38.0 Å². The number of carbonyl (C=O) groups excluding carboxylic acids is 2. The van der Waals surface area contributed by atoms with Gasteiger partial charge in [-0.15, -0.1) is 0 Å². The van der Waals surface area contributed by atoms with E-state index in [0.29, 0.717) is 78.9 Å². The second kappa shape index (κ2) is 26.9. The largest absolute Gasteiger partial charge is 0.382 e. The summed E-state index contributed by atoms with van der Waals surface area (Å²) in [5, 5.41) is 5.45. The van der Waals surface area contributed by atoms with E-state index in [2.05, 4.69) is 10.6 Å². The number of nitrogens with one attached hydrogen (secondary N) is 2. The first-order valence-corrected chi connectivity index (χ1v) is 12.0. The van der Waals surface area contributed by atoms with E-state index < -0.39 is 0 Å². The second-order valence-corrected chi connectivity index (χ2v) is 7.43. The van der Waals surface area contributed by atoms with Gasteiger partial charge in [0.2, 0.25) is 11.8 Å². The molecule has 0 aromatic heterocycles. The molecule has 0 saturated heterocycles. The van der Waals surface area contributed by atoms with Crippen LogP contribution in [0.25, 0.3) is 0 Å². The summed E-state index contributed by atoms with van der Waals surface area (Å²) in [4.78, 5) is 23.6. The number of hydrogen-bond acceptors (Lipinski definition) is 8. The first-order valence-electron chi connectivity index (χ1n) is 12.0. The van der Waals surface area contributed by atoms with Gasteiger partial charge in [0.25, 0.3) is 0 Å². The van der Waals surface area contributed by atoms with Gasteiger partial charge in [-0.25, -0.2) is 0 Å². The van der Waals surface area contributed by atoms with Crippen molar-refractivity contribution in [3.63, 3.8) is 0 Å². The highest BCUT2D eigenvalue weighted by molar-refractivity contribution is 5.78. The molecule has 0 aromatic rings. The lowest BCUT2D eigenvalue weighted by molar-refractivity contribution is -0.123. The molecule has 0 saturated carbocycles. The minimum atomic E-state index is -0.0499. The zero-order chi connectivity index (χ0) is 24.2. The van der Waals surface area contributed by atoms with Crippen LogP contribution in [0, 0.1) is 0 Å². The normalized spacial score (nSPS) is 11.0. The van der Waals surface area contributed by atoms with Crippen LogP contribution in [0.15, 0.2) is 0 Å². The third kappa shape index (κ3) is 26.8. The molecule has 10 nitrogen and oxygen atoms in total. The summed E-state index contributed by atoms with van der Waals surface area (Å²) < 4.78 is 31.3. The Morgan fingerprint density at radius 3 is 1.24 bits per heavy atom. The van der Waals surface area contributed by atoms with Crippen molar-refractivity contribution in [2.45, 2.75) is 51.4 Å². The Hall–Kier alpha value is -1.30. The number of amides is 2. The molecule has 0 unspecified atom stereocenters. The van der Waals surface area contributed by atoms with Gasteiger partial charge in [0.05, 0.1) is 59.5 Å². The molecular formula is C23H46N2O8. The Bertz CT molecular complexity index is 403. The molecule has 196 valence electrons. The molecule has 0 fully saturated rings. The van der Waals surface area contributed by atoms with E-state index in [0.717, 1.165) is 38.5 Å². The lowest BCUT2D eigenvalue weighted by Gasteiger charge is -2.08. The standard InChI is InChI=1S/C23H46N2O8/c1-28-13-15-32-19-17-30-11-7-3-5-9-22(26)24-21-25-23(27)10-6-4-8-12-31-18-20-33-16-14-29-2/h3-21H2,1-2H3,(H,24,26)(H,25,27). The van der Waals surface area contributed by atoms with E-state index in [1.807, 2.05) is 0 Å². The zero-order valence-corrected chi connectivity index (χ0v) is 20.7. The third-order valence-corrected chi connectivity index (χ3v) is 4.56. The molecule has 0 aliphatic heterocycles. The predicted octanol–water partition coefficient (Wildman–Crippen LogP) is 1.66. The van der Waals surface area contributed by atoms with Crippen LogP contribution in [0.4, 0.5) is 0 Å². The van der Waals surface area contributed by atoms with E-state index in [-0.39, 0.29) is 18.5 Å². The number of carbonyl (C=O) groups is 2. The first kappa shape index (κ1) is 31.7. The van der Waals surface area contributed by atoms with Crippen LogP contribution in [-0.4, -0.2) is 98.8 Å². The van der Waals surface area contributed by atoms with Gasteiger partial charge in [-0.2, -0.15) is 0 Å². The van der Waals surface area contributed by atoms with Gasteiger partial charge in [0.15, 0.2) is 0 Å². The first-order chi connectivity index (χ1) is 16.2. The molecule has 0 aliphatic rings. The molecule has 0 spiro atoms. The molecule has 0 heterocycles. The van der Waals surface area contributed by atoms with Gasteiger partial charge < -0.3 is 39.1 Å². The Labute approximate surface area is 199 Å². The molecule has 0 aromatic carbocycles. The topological polar surface area (TPSA) is 114 Å². The van der Waals surface area contributed by atoms with Crippen LogP contribution < -0.4 is 10.6 Å². The SMILES string of the molecule is COCCOCCOCCCCCC(=O)NCNC(=O)CCCCCOCCOCCOC. The molecule has 0 bridgehead atoms. The van der Waals surface area contributed by atoms with Crippen LogP contribution in [0.1, 0.15) is 51.4 Å². The average molecular weight is 479 g/mol. The van der Waals surface area contributed by atoms with Crippen molar-refractivity contribution in [1.29, 1.82) is 0 Å². The summed E-state index contributed by atoms with van der Waals surface area (Å²) >= 11 is 0. The fourth-order valence-electron chi connectivity index (χ4n) is 2.68. The highest BCUT2D eigenvalue weighted by atomic mass is 16.5. The van der Waals surface area contributed by atoms with Gasteiger partial charge in [-0.05, 0) is 25.7 Å². The van der Waals surface area contributed by atoms with Gasteiger partial charge in [-0.3, -0.25) is 9.59 Å². The number of unbranched alkanes of at least 4 members (excludes halogenated alkanes) is 4. The third-order valence-electron chi connectivity index (χ3n) is 4.56. The van der Waals surface area contributed by atoms with Crippen LogP contribution in [0.5, 0.6) is 0 Å². The van der Waals surface area contributed by atoms with Crippen LogP contribution in [0.2, 0.25) is 0 Å². The highest BCUT2D eigenvalue weighted by Crippen LogP contribution is 2.01. The van der Waals surface area contributed by atoms with Gasteiger partial charge >= 0.3 is 0 Å². The fraction of sp³-hybridized carbons (Fsp3) is 0.913. The number of rotatable bonds is 26. The van der Waals surface area contributed by atoms with Gasteiger partial charge in [-0.1, -0.05) is 12.8 Å². The van der Waals surface area contributed by atoms with Gasteiger partial charge in [0, 0.05) is 40.3 Å². The molecule has 33 heavy (non-hydrogen) atoms. The number of methoxy groups -OCH3 is 2. The maximum Gasteiger partial charge on any atom is 0.221 e. The average Bonchev–Trinajstić information content (AvgIpc) is 2.81. The molecule has 0 aliphatic carbocycles. The molecule has 0 radical (unpaired) electrons. The number of ether oxygens (including phenoxy) is 6. The van der Waals surface area contributed by atoms with Gasteiger partial charge in [0.1, 0.15) is 0 Å². The molecule has 2 amide bonds. The molecular weight excluding hydrogens is 432 g/mol. The molecule has 0 atom stereocenters. The Kier molecular flexibility index (Phi) is 25.9. The lowest BCUT2D eigenvalue weighted by atomic mass is 10.2. The van der Waals surface area contributed by atoms with Crippen molar-refractivity contribution in [3.05, 3.63) is 0 Å². The van der Waals surface area contributed by atoms with Crippen LogP contribution in [0.3, 0.4) is 0 Å². The molecule has 10 heteroatoms. The summed E-state index contributed by atoms with van der Waals surface area (Å²) in [6.45, 7) is 6.14. The second-order valence-electron chi connectivity index (χ2n) is 7.43. The van der Waals surface area contributed by atoms with Crippen molar-refractivity contribution >= 4 is 11.8 Å². The quantitative estimate of drug-likeness (QED) is 0.143. The van der Waals surface area contributed by atoms with Crippen molar-refractivity contribution in [3.8, 4) is 0 Å². The minimum Gasteiger partial charge on any atom is -0.382 e. The monoisotopic (exact) mass is 478 g/mol. The maximum atomic E-state index is 11.8. The van der Waals surface area contributed by atoms with E-state index in [4.69, 9.17) is 28.4 Å². The Morgan fingerprint density at radius 1 is 0.485 bits per heavy atom. The van der Waals surface area contributed by atoms with Crippen molar-refractivity contribution in [2.24, 2.45) is 0 Å². The van der Waals surface area contributed by atoms with E-state index >= 15 is 0 Å². The smallest absolute Gasteiger partial charge is 0.221 e. The Morgan fingerprint density at radius 2 is 0.848 bits per heavy atom. The highest BCUT2D eigenvalue weighted by Gasteiger charge is 2.03. The summed E-state index contributed by atoms with van der Waals surface area (Å²) in [6, 6.07) is 0. The summed E-state index contributed by atoms with van der Waals surface area (Å²) in [5.41, 5.74) is 0. The fourth-order valence-corrected chi connectivity index (χ4v) is 2.68.